The number of nitrogens with zero attached hydrogens (tertiary/aromatic N) is 6. The second kappa shape index (κ2) is 7.38. The van der Waals surface area contributed by atoms with Gasteiger partial charge in [0.2, 0.25) is 17.8 Å². The summed E-state index contributed by atoms with van der Waals surface area (Å²) in [6, 6.07) is 7.12. The zero-order valence-corrected chi connectivity index (χ0v) is 15.8. The molecule has 12 heteroatoms. The van der Waals surface area contributed by atoms with Crippen molar-refractivity contribution in [3.63, 3.8) is 0 Å². The zero-order chi connectivity index (χ0) is 21.5. The molecule has 0 bridgehead atoms. The number of rotatable bonds is 6. The molecule has 0 unspecified atom stereocenters. The zero-order valence-electron chi connectivity index (χ0n) is 15.8. The highest BCUT2D eigenvalue weighted by Crippen LogP contribution is 2.41. The van der Waals surface area contributed by atoms with Gasteiger partial charge >= 0.3 is 6.61 Å². The summed E-state index contributed by atoms with van der Waals surface area (Å²) >= 11 is 0. The van der Waals surface area contributed by atoms with Crippen molar-refractivity contribution in [3.05, 3.63) is 48.2 Å². The molecule has 9 nitrogen and oxygen atoms in total. The van der Waals surface area contributed by atoms with Gasteiger partial charge in [-0.2, -0.15) is 23.7 Å². The SMILES string of the molecule is Nc1nc(Nc2ccc(OC(F)F)cc2)nc(-n2c(C3CC3)nc3ncc(F)cc32)n1. The quantitative estimate of drug-likeness (QED) is 0.479. The summed E-state index contributed by atoms with van der Waals surface area (Å²) in [6.07, 6.45) is 3.00. The summed E-state index contributed by atoms with van der Waals surface area (Å²) < 4.78 is 44.4. The lowest BCUT2D eigenvalue weighted by Gasteiger charge is -2.11. The Morgan fingerprint density at radius 3 is 2.58 bits per heavy atom. The molecule has 0 saturated heterocycles. The van der Waals surface area contributed by atoms with Crippen LogP contribution in [0.4, 0.5) is 30.8 Å². The normalized spacial score (nSPS) is 13.7. The molecule has 0 amide bonds. The molecule has 1 saturated carbocycles. The van der Waals surface area contributed by atoms with Crippen LogP contribution in [0.3, 0.4) is 0 Å². The van der Waals surface area contributed by atoms with Crippen LogP contribution < -0.4 is 15.8 Å². The van der Waals surface area contributed by atoms with Crippen LogP contribution in [-0.4, -0.2) is 36.1 Å². The van der Waals surface area contributed by atoms with Gasteiger partial charge in [0.25, 0.3) is 0 Å². The minimum Gasteiger partial charge on any atom is -0.435 e. The van der Waals surface area contributed by atoms with Crippen LogP contribution in [0, 0.1) is 5.82 Å². The summed E-state index contributed by atoms with van der Waals surface area (Å²) in [4.78, 5) is 21.2. The molecule has 1 aliphatic carbocycles. The summed E-state index contributed by atoms with van der Waals surface area (Å²) in [6.45, 7) is -2.91. The van der Waals surface area contributed by atoms with E-state index in [4.69, 9.17) is 5.73 Å². The van der Waals surface area contributed by atoms with Crippen LogP contribution >= 0.6 is 0 Å². The molecule has 3 aromatic heterocycles. The Morgan fingerprint density at radius 2 is 1.87 bits per heavy atom. The van der Waals surface area contributed by atoms with E-state index in [1.165, 1.54) is 30.3 Å². The molecule has 5 rings (SSSR count). The van der Waals surface area contributed by atoms with Crippen molar-refractivity contribution in [2.24, 2.45) is 0 Å². The van der Waals surface area contributed by atoms with Crippen molar-refractivity contribution in [2.75, 3.05) is 11.1 Å². The molecule has 1 fully saturated rings. The smallest absolute Gasteiger partial charge is 0.387 e. The van der Waals surface area contributed by atoms with Gasteiger partial charge in [-0.3, -0.25) is 4.57 Å². The number of halogens is 3. The average molecular weight is 428 g/mol. The lowest BCUT2D eigenvalue weighted by atomic mass is 10.3. The van der Waals surface area contributed by atoms with Gasteiger partial charge in [0, 0.05) is 17.7 Å². The Hall–Kier alpha value is -3.96. The molecule has 3 heterocycles. The van der Waals surface area contributed by atoms with Gasteiger partial charge in [-0.1, -0.05) is 0 Å². The number of nitrogens with one attached hydrogen (secondary N) is 1. The van der Waals surface area contributed by atoms with Gasteiger partial charge in [0.05, 0.1) is 11.7 Å². The lowest BCUT2D eigenvalue weighted by molar-refractivity contribution is -0.0498. The highest BCUT2D eigenvalue weighted by molar-refractivity contribution is 5.74. The van der Waals surface area contributed by atoms with Gasteiger partial charge in [0.15, 0.2) is 5.65 Å². The van der Waals surface area contributed by atoms with Crippen LogP contribution in [0.25, 0.3) is 17.1 Å². The number of nitrogens with two attached hydrogens (primary N) is 1. The van der Waals surface area contributed by atoms with E-state index < -0.39 is 12.4 Å². The van der Waals surface area contributed by atoms with E-state index in [-0.39, 0.29) is 29.5 Å². The Labute approximate surface area is 173 Å². The molecule has 4 aromatic rings. The van der Waals surface area contributed by atoms with Crippen molar-refractivity contribution in [1.82, 2.24) is 29.5 Å². The third-order valence-electron chi connectivity index (χ3n) is 4.62. The van der Waals surface area contributed by atoms with E-state index in [1.807, 2.05) is 0 Å². The van der Waals surface area contributed by atoms with E-state index in [0.29, 0.717) is 22.7 Å². The predicted octanol–water partition coefficient (Wildman–Crippen LogP) is 3.55. The second-order valence-corrected chi connectivity index (χ2v) is 6.92. The molecule has 31 heavy (non-hydrogen) atoms. The first-order valence-corrected chi connectivity index (χ1v) is 9.34. The number of hydrogen-bond donors (Lipinski definition) is 2. The topological polar surface area (TPSA) is 117 Å². The van der Waals surface area contributed by atoms with Crippen molar-refractivity contribution < 1.29 is 17.9 Å². The van der Waals surface area contributed by atoms with E-state index in [1.54, 1.807) is 4.57 Å². The van der Waals surface area contributed by atoms with Crippen LogP contribution in [0.15, 0.2) is 36.5 Å². The summed E-state index contributed by atoms with van der Waals surface area (Å²) in [5, 5.41) is 2.94. The van der Waals surface area contributed by atoms with Crippen LogP contribution in [0.2, 0.25) is 0 Å². The van der Waals surface area contributed by atoms with Gasteiger partial charge in [0.1, 0.15) is 17.4 Å². The molecule has 3 N–H and O–H groups in total. The van der Waals surface area contributed by atoms with Gasteiger partial charge in [-0.25, -0.2) is 14.4 Å². The molecular weight excluding hydrogens is 413 g/mol. The van der Waals surface area contributed by atoms with Gasteiger partial charge < -0.3 is 15.8 Å². The number of anilines is 3. The number of fused-ring (bicyclic) bond motifs is 1. The molecule has 0 aliphatic heterocycles. The maximum Gasteiger partial charge on any atom is 0.387 e. The van der Waals surface area contributed by atoms with E-state index in [0.717, 1.165) is 19.0 Å². The molecule has 0 spiro atoms. The molecule has 158 valence electrons. The maximum absolute atomic E-state index is 13.9. The number of alkyl halides is 2. The number of ether oxygens (including phenoxy) is 1. The standard InChI is InChI=1S/C19H15F3N8O/c20-10-7-13-14(24-8-10)26-15(9-1-2-9)30(13)19-28-17(23)27-18(29-19)25-11-3-5-12(6-4-11)31-16(21)22/h3-9,16H,1-2H2,(H3,23,25,27,28,29). The maximum atomic E-state index is 13.9. The molecule has 0 radical (unpaired) electrons. The fourth-order valence-corrected chi connectivity index (χ4v) is 3.16. The number of nitrogen functional groups attached to an aromatic ring is 1. The van der Waals surface area contributed by atoms with Crippen molar-refractivity contribution in [2.45, 2.75) is 25.4 Å². The third kappa shape index (κ3) is 3.91. The highest BCUT2D eigenvalue weighted by Gasteiger charge is 2.31. The number of imidazole rings is 1. The highest BCUT2D eigenvalue weighted by atomic mass is 19.3. The Kier molecular flexibility index (Phi) is 4.53. The minimum atomic E-state index is -2.91. The number of benzene rings is 1. The lowest BCUT2D eigenvalue weighted by Crippen LogP contribution is -2.11. The number of hydrogen-bond acceptors (Lipinski definition) is 8. The Balaban J connectivity index is 1.52. The first kappa shape index (κ1) is 19.0. The van der Waals surface area contributed by atoms with Gasteiger partial charge in [-0.15, -0.1) is 0 Å². The predicted molar refractivity (Wildman–Crippen MR) is 105 cm³/mol. The average Bonchev–Trinajstić information content (AvgIpc) is 3.49. The fourth-order valence-electron chi connectivity index (χ4n) is 3.16. The number of aromatic nitrogens is 6. The number of pyridine rings is 1. The van der Waals surface area contributed by atoms with Crippen LogP contribution in [0.5, 0.6) is 5.75 Å². The third-order valence-corrected chi connectivity index (χ3v) is 4.62. The minimum absolute atomic E-state index is 0.0184. The van der Waals surface area contributed by atoms with Crippen molar-refractivity contribution in [1.29, 1.82) is 0 Å². The Morgan fingerprint density at radius 1 is 1.10 bits per heavy atom. The summed E-state index contributed by atoms with van der Waals surface area (Å²) in [5.74, 6) is 0.625. The first-order chi connectivity index (χ1) is 15.0. The summed E-state index contributed by atoms with van der Waals surface area (Å²) in [7, 11) is 0. The van der Waals surface area contributed by atoms with Crippen LogP contribution in [-0.2, 0) is 0 Å². The molecular formula is C19H15F3N8O. The monoisotopic (exact) mass is 428 g/mol. The van der Waals surface area contributed by atoms with E-state index in [2.05, 4.69) is 35.0 Å². The van der Waals surface area contributed by atoms with Gasteiger partial charge in [-0.05, 0) is 37.1 Å². The molecule has 1 aliphatic rings. The Bertz CT molecular complexity index is 1260. The molecule has 1 aromatic carbocycles. The molecule has 0 atom stereocenters. The van der Waals surface area contributed by atoms with Crippen LogP contribution in [0.1, 0.15) is 24.6 Å². The first-order valence-electron chi connectivity index (χ1n) is 9.34. The second-order valence-electron chi connectivity index (χ2n) is 6.92. The fraction of sp³-hybridized carbons (Fsp3) is 0.211. The van der Waals surface area contributed by atoms with Crippen molar-refractivity contribution >= 4 is 28.7 Å². The van der Waals surface area contributed by atoms with E-state index in [9.17, 15) is 13.2 Å². The van der Waals surface area contributed by atoms with E-state index >= 15 is 0 Å². The largest absolute Gasteiger partial charge is 0.435 e. The summed E-state index contributed by atoms with van der Waals surface area (Å²) in [5.41, 5.74) is 7.21. The van der Waals surface area contributed by atoms with Crippen molar-refractivity contribution in [3.8, 4) is 11.7 Å².